The second-order valence-electron chi connectivity index (χ2n) is 4.15. The summed E-state index contributed by atoms with van der Waals surface area (Å²) in [5, 5.41) is 3.83. The smallest absolute Gasteiger partial charge is 0.0483 e. The predicted molar refractivity (Wildman–Crippen MR) is 54.7 cm³/mol. The van der Waals surface area contributed by atoms with Crippen LogP contribution in [0.3, 0.4) is 0 Å². The minimum Gasteiger partial charge on any atom is -0.313 e. The quantitative estimate of drug-likeness (QED) is 0.671. The molecule has 1 nitrogen and oxygen atoms in total. The monoisotopic (exact) mass is 189 g/mol. The molecule has 0 radical (unpaired) electrons. The van der Waals surface area contributed by atoms with E-state index in [4.69, 9.17) is 11.6 Å². The van der Waals surface area contributed by atoms with E-state index in [1.165, 1.54) is 25.7 Å². The SMILES string of the molecule is CC(C)C(Cl)CNC1CCCC1. The van der Waals surface area contributed by atoms with Gasteiger partial charge in [0.1, 0.15) is 0 Å². The average molecular weight is 190 g/mol. The summed E-state index contributed by atoms with van der Waals surface area (Å²) in [5.41, 5.74) is 0. The lowest BCUT2D eigenvalue weighted by molar-refractivity contribution is 0.479. The first-order chi connectivity index (χ1) is 5.70. The van der Waals surface area contributed by atoms with Gasteiger partial charge in [-0.3, -0.25) is 0 Å². The fourth-order valence-electron chi connectivity index (χ4n) is 1.64. The molecule has 1 N–H and O–H groups in total. The van der Waals surface area contributed by atoms with Crippen molar-refractivity contribution in [1.29, 1.82) is 0 Å². The van der Waals surface area contributed by atoms with Crippen molar-refractivity contribution in [2.45, 2.75) is 50.9 Å². The standard InChI is InChI=1S/C10H20ClN/c1-8(2)10(11)7-12-9-5-3-4-6-9/h8-10,12H,3-7H2,1-2H3. The Labute approximate surface area is 80.9 Å². The summed E-state index contributed by atoms with van der Waals surface area (Å²) < 4.78 is 0. The van der Waals surface area contributed by atoms with Crippen LogP contribution in [0.15, 0.2) is 0 Å². The van der Waals surface area contributed by atoms with Crippen molar-refractivity contribution in [3.63, 3.8) is 0 Å². The fourth-order valence-corrected chi connectivity index (χ4v) is 1.73. The van der Waals surface area contributed by atoms with Crippen LogP contribution in [0.1, 0.15) is 39.5 Å². The molecule has 1 saturated carbocycles. The number of nitrogens with one attached hydrogen (secondary N) is 1. The number of hydrogen-bond donors (Lipinski definition) is 1. The first-order valence-corrected chi connectivity index (χ1v) is 5.51. The predicted octanol–water partition coefficient (Wildman–Crippen LogP) is 2.78. The van der Waals surface area contributed by atoms with E-state index in [0.29, 0.717) is 11.3 Å². The van der Waals surface area contributed by atoms with Gasteiger partial charge in [0.15, 0.2) is 0 Å². The topological polar surface area (TPSA) is 12.0 Å². The highest BCUT2D eigenvalue weighted by Crippen LogP contribution is 2.18. The van der Waals surface area contributed by atoms with E-state index in [1.807, 2.05) is 0 Å². The zero-order valence-corrected chi connectivity index (χ0v) is 8.90. The molecule has 0 saturated heterocycles. The molecule has 1 unspecified atom stereocenters. The Hall–Kier alpha value is 0.250. The molecule has 12 heavy (non-hydrogen) atoms. The number of halogens is 1. The molecule has 0 amide bonds. The summed E-state index contributed by atoms with van der Waals surface area (Å²) in [5.74, 6) is 0.584. The van der Waals surface area contributed by atoms with Gasteiger partial charge < -0.3 is 5.32 Å². The third-order valence-corrected chi connectivity index (χ3v) is 3.34. The van der Waals surface area contributed by atoms with Crippen molar-refractivity contribution in [3.8, 4) is 0 Å². The van der Waals surface area contributed by atoms with Gasteiger partial charge in [0.25, 0.3) is 0 Å². The Morgan fingerprint density at radius 1 is 1.33 bits per heavy atom. The first kappa shape index (κ1) is 10.3. The number of rotatable bonds is 4. The maximum absolute atomic E-state index is 6.13. The molecular weight excluding hydrogens is 170 g/mol. The lowest BCUT2D eigenvalue weighted by Gasteiger charge is -2.17. The van der Waals surface area contributed by atoms with Crippen molar-refractivity contribution in [1.82, 2.24) is 5.32 Å². The van der Waals surface area contributed by atoms with E-state index in [0.717, 1.165) is 12.6 Å². The normalized spacial score (nSPS) is 22.0. The van der Waals surface area contributed by atoms with Crippen LogP contribution in [-0.4, -0.2) is 18.0 Å². The molecule has 0 aromatic rings. The molecule has 1 aliphatic carbocycles. The van der Waals surface area contributed by atoms with Gasteiger partial charge in [0, 0.05) is 18.0 Å². The number of hydrogen-bond acceptors (Lipinski definition) is 1. The van der Waals surface area contributed by atoms with E-state index >= 15 is 0 Å². The van der Waals surface area contributed by atoms with E-state index in [1.54, 1.807) is 0 Å². The van der Waals surface area contributed by atoms with Crippen LogP contribution in [0.2, 0.25) is 0 Å². The second-order valence-corrected chi connectivity index (χ2v) is 4.71. The minimum absolute atomic E-state index is 0.297. The molecule has 1 rings (SSSR count). The van der Waals surface area contributed by atoms with Crippen LogP contribution >= 0.6 is 11.6 Å². The van der Waals surface area contributed by atoms with Gasteiger partial charge in [0.05, 0.1) is 0 Å². The van der Waals surface area contributed by atoms with E-state index < -0.39 is 0 Å². The van der Waals surface area contributed by atoms with Crippen LogP contribution in [0.5, 0.6) is 0 Å². The maximum atomic E-state index is 6.13. The third kappa shape index (κ3) is 3.32. The molecule has 0 bridgehead atoms. The third-order valence-electron chi connectivity index (χ3n) is 2.68. The second kappa shape index (κ2) is 5.08. The average Bonchev–Trinajstić information content (AvgIpc) is 2.51. The molecule has 2 heteroatoms. The fraction of sp³-hybridized carbons (Fsp3) is 1.00. The summed E-state index contributed by atoms with van der Waals surface area (Å²) in [6.07, 6.45) is 5.49. The zero-order valence-electron chi connectivity index (χ0n) is 8.15. The van der Waals surface area contributed by atoms with E-state index in [2.05, 4.69) is 19.2 Å². The van der Waals surface area contributed by atoms with Crippen molar-refractivity contribution in [2.75, 3.05) is 6.54 Å². The zero-order chi connectivity index (χ0) is 8.97. The highest BCUT2D eigenvalue weighted by atomic mass is 35.5. The summed E-state index contributed by atoms with van der Waals surface area (Å²) in [7, 11) is 0. The van der Waals surface area contributed by atoms with Gasteiger partial charge in [-0.25, -0.2) is 0 Å². The highest BCUT2D eigenvalue weighted by Gasteiger charge is 2.16. The van der Waals surface area contributed by atoms with Crippen LogP contribution < -0.4 is 5.32 Å². The lowest BCUT2D eigenvalue weighted by atomic mass is 10.1. The Bertz CT molecular complexity index is 117. The molecule has 0 heterocycles. The van der Waals surface area contributed by atoms with Gasteiger partial charge in [0.2, 0.25) is 0 Å². The molecular formula is C10H20ClN. The Morgan fingerprint density at radius 2 is 1.92 bits per heavy atom. The van der Waals surface area contributed by atoms with Crippen LogP contribution in [0, 0.1) is 5.92 Å². The van der Waals surface area contributed by atoms with Gasteiger partial charge in [-0.15, -0.1) is 11.6 Å². The van der Waals surface area contributed by atoms with Crippen molar-refractivity contribution in [3.05, 3.63) is 0 Å². The summed E-state index contributed by atoms with van der Waals surface area (Å²) in [6, 6.07) is 0.755. The Balaban J connectivity index is 2.07. The molecule has 1 atom stereocenters. The molecule has 0 spiro atoms. The molecule has 72 valence electrons. The molecule has 1 fully saturated rings. The molecule has 0 aromatic heterocycles. The highest BCUT2D eigenvalue weighted by molar-refractivity contribution is 6.20. The minimum atomic E-state index is 0.297. The molecule has 0 aliphatic heterocycles. The van der Waals surface area contributed by atoms with Crippen molar-refractivity contribution in [2.24, 2.45) is 5.92 Å². The van der Waals surface area contributed by atoms with E-state index in [9.17, 15) is 0 Å². The molecule has 0 aromatic carbocycles. The van der Waals surface area contributed by atoms with E-state index in [-0.39, 0.29) is 0 Å². The molecule has 1 aliphatic rings. The number of alkyl halides is 1. The van der Waals surface area contributed by atoms with Crippen molar-refractivity contribution >= 4 is 11.6 Å². The summed E-state index contributed by atoms with van der Waals surface area (Å²) in [6.45, 7) is 5.33. The van der Waals surface area contributed by atoms with Crippen molar-refractivity contribution < 1.29 is 0 Å². The first-order valence-electron chi connectivity index (χ1n) is 5.07. The van der Waals surface area contributed by atoms with Gasteiger partial charge in [-0.1, -0.05) is 26.7 Å². The van der Waals surface area contributed by atoms with Crippen LogP contribution in [-0.2, 0) is 0 Å². The largest absolute Gasteiger partial charge is 0.313 e. The Morgan fingerprint density at radius 3 is 2.42 bits per heavy atom. The summed E-state index contributed by atoms with van der Waals surface area (Å²) in [4.78, 5) is 0. The maximum Gasteiger partial charge on any atom is 0.0483 e. The summed E-state index contributed by atoms with van der Waals surface area (Å²) >= 11 is 6.13. The Kier molecular flexibility index (Phi) is 4.38. The lowest BCUT2D eigenvalue weighted by Crippen LogP contribution is -2.33. The van der Waals surface area contributed by atoms with Crippen LogP contribution in [0.4, 0.5) is 0 Å². The van der Waals surface area contributed by atoms with Crippen LogP contribution in [0.25, 0.3) is 0 Å². The van der Waals surface area contributed by atoms with Gasteiger partial charge in [-0.05, 0) is 18.8 Å². The van der Waals surface area contributed by atoms with Gasteiger partial charge >= 0.3 is 0 Å². The van der Waals surface area contributed by atoms with Gasteiger partial charge in [-0.2, -0.15) is 0 Å².